The van der Waals surface area contributed by atoms with Crippen LogP contribution in [0.1, 0.15) is 0 Å². The lowest BCUT2D eigenvalue weighted by atomic mass is 10.4. The first kappa shape index (κ1) is 10.2. The molecule has 0 saturated heterocycles. The maximum Gasteiger partial charge on any atom is 0.237 e. The zero-order chi connectivity index (χ0) is 10.7. The molecule has 0 spiro atoms. The van der Waals surface area contributed by atoms with Crippen LogP contribution in [0.25, 0.3) is 0 Å². The standard InChI is InChI=1S/C8H8N4OS2/c1-13-7-5(9)2-3-6(12-7)14-8-10-4-11-15-8/h2-4H,9H2,1H3. The fourth-order valence-corrected chi connectivity index (χ4v) is 2.31. The van der Waals surface area contributed by atoms with Crippen LogP contribution in [0.4, 0.5) is 5.69 Å². The van der Waals surface area contributed by atoms with Gasteiger partial charge in [-0.05, 0) is 35.4 Å². The van der Waals surface area contributed by atoms with E-state index in [9.17, 15) is 0 Å². The Kier molecular flexibility index (Phi) is 3.02. The summed E-state index contributed by atoms with van der Waals surface area (Å²) in [7, 11) is 1.54. The van der Waals surface area contributed by atoms with Gasteiger partial charge in [0.1, 0.15) is 11.4 Å². The van der Waals surface area contributed by atoms with E-state index in [0.717, 1.165) is 9.37 Å². The maximum atomic E-state index is 5.65. The van der Waals surface area contributed by atoms with Gasteiger partial charge >= 0.3 is 0 Å². The molecule has 2 heterocycles. The molecule has 2 N–H and O–H groups in total. The third-order valence-electron chi connectivity index (χ3n) is 1.59. The van der Waals surface area contributed by atoms with Crippen LogP contribution in [-0.2, 0) is 0 Å². The van der Waals surface area contributed by atoms with Crippen molar-refractivity contribution in [1.82, 2.24) is 14.3 Å². The molecule has 0 unspecified atom stereocenters. The van der Waals surface area contributed by atoms with E-state index in [-0.39, 0.29) is 0 Å². The normalized spacial score (nSPS) is 10.2. The van der Waals surface area contributed by atoms with E-state index in [2.05, 4.69) is 14.3 Å². The lowest BCUT2D eigenvalue weighted by molar-refractivity contribution is 0.397. The van der Waals surface area contributed by atoms with Crippen LogP contribution in [0.3, 0.4) is 0 Å². The van der Waals surface area contributed by atoms with Gasteiger partial charge in [0, 0.05) is 0 Å². The molecule has 5 nitrogen and oxygen atoms in total. The van der Waals surface area contributed by atoms with Gasteiger partial charge in [0.25, 0.3) is 0 Å². The minimum atomic E-state index is 0.435. The predicted octanol–water partition coefficient (Wildman–Crippen LogP) is 1.68. The van der Waals surface area contributed by atoms with Crippen molar-refractivity contribution in [2.45, 2.75) is 9.37 Å². The molecule has 0 amide bonds. The summed E-state index contributed by atoms with van der Waals surface area (Å²) in [6.45, 7) is 0. The molecule has 0 aliphatic heterocycles. The number of nitrogens with zero attached hydrogens (tertiary/aromatic N) is 3. The van der Waals surface area contributed by atoms with Crippen LogP contribution in [0.2, 0.25) is 0 Å². The number of nitrogen functional groups attached to an aromatic ring is 1. The fraction of sp³-hybridized carbons (Fsp3) is 0.125. The number of methoxy groups -OCH3 is 1. The number of ether oxygens (including phenoxy) is 1. The van der Waals surface area contributed by atoms with Crippen molar-refractivity contribution in [2.24, 2.45) is 0 Å². The van der Waals surface area contributed by atoms with Gasteiger partial charge in [-0.3, -0.25) is 0 Å². The smallest absolute Gasteiger partial charge is 0.237 e. The lowest BCUT2D eigenvalue weighted by Gasteiger charge is -2.04. The molecule has 0 aromatic carbocycles. The summed E-state index contributed by atoms with van der Waals surface area (Å²) >= 11 is 2.76. The number of hydrogen-bond acceptors (Lipinski definition) is 7. The second-order valence-corrected chi connectivity index (χ2v) is 4.60. The first-order valence-corrected chi connectivity index (χ1v) is 5.63. The predicted molar refractivity (Wildman–Crippen MR) is 59.2 cm³/mol. The van der Waals surface area contributed by atoms with E-state index in [1.165, 1.54) is 36.7 Å². The molecular weight excluding hydrogens is 232 g/mol. The van der Waals surface area contributed by atoms with E-state index in [1.807, 2.05) is 6.07 Å². The number of anilines is 1. The molecule has 0 saturated carbocycles. The Bertz CT molecular complexity index is 446. The number of nitrogens with two attached hydrogens (primary N) is 1. The van der Waals surface area contributed by atoms with E-state index in [1.54, 1.807) is 6.07 Å². The number of hydrogen-bond donors (Lipinski definition) is 1. The zero-order valence-electron chi connectivity index (χ0n) is 7.88. The van der Waals surface area contributed by atoms with Gasteiger partial charge in [-0.15, -0.1) is 0 Å². The Labute approximate surface area is 94.9 Å². The molecule has 2 aromatic heterocycles. The minimum Gasteiger partial charge on any atom is -0.480 e. The molecule has 0 radical (unpaired) electrons. The Balaban J connectivity index is 2.22. The minimum absolute atomic E-state index is 0.435. The van der Waals surface area contributed by atoms with Gasteiger partial charge < -0.3 is 10.5 Å². The summed E-state index contributed by atoms with van der Waals surface area (Å²) in [6.07, 6.45) is 1.52. The van der Waals surface area contributed by atoms with E-state index >= 15 is 0 Å². The van der Waals surface area contributed by atoms with Crippen molar-refractivity contribution in [3.63, 3.8) is 0 Å². The largest absolute Gasteiger partial charge is 0.480 e. The topological polar surface area (TPSA) is 73.9 Å². The molecule has 0 aliphatic carbocycles. The molecule has 2 aromatic rings. The molecule has 0 fully saturated rings. The van der Waals surface area contributed by atoms with Gasteiger partial charge in [-0.2, -0.15) is 4.37 Å². The van der Waals surface area contributed by atoms with Crippen molar-refractivity contribution < 1.29 is 4.74 Å². The molecule has 0 bridgehead atoms. The van der Waals surface area contributed by atoms with E-state index in [0.29, 0.717) is 11.6 Å². The summed E-state index contributed by atoms with van der Waals surface area (Å²) in [5.74, 6) is 0.435. The summed E-state index contributed by atoms with van der Waals surface area (Å²) < 4.78 is 9.77. The Morgan fingerprint density at radius 1 is 1.47 bits per heavy atom. The van der Waals surface area contributed by atoms with Crippen molar-refractivity contribution in [3.8, 4) is 5.88 Å². The van der Waals surface area contributed by atoms with E-state index < -0.39 is 0 Å². The number of rotatable bonds is 3. The number of aromatic nitrogens is 3. The molecular formula is C8H8N4OS2. The molecule has 0 atom stereocenters. The summed E-state index contributed by atoms with van der Waals surface area (Å²) in [6, 6.07) is 3.58. The Morgan fingerprint density at radius 2 is 2.33 bits per heavy atom. The van der Waals surface area contributed by atoms with Crippen LogP contribution in [-0.4, -0.2) is 21.5 Å². The first-order valence-electron chi connectivity index (χ1n) is 4.04. The van der Waals surface area contributed by atoms with E-state index in [4.69, 9.17) is 10.5 Å². The lowest BCUT2D eigenvalue weighted by Crippen LogP contribution is -1.95. The third-order valence-corrected chi connectivity index (χ3v) is 3.24. The van der Waals surface area contributed by atoms with Crippen molar-refractivity contribution >= 4 is 29.0 Å². The van der Waals surface area contributed by atoms with Crippen LogP contribution in [0, 0.1) is 0 Å². The highest BCUT2D eigenvalue weighted by Crippen LogP contribution is 2.29. The SMILES string of the molecule is COc1nc(Sc2ncns2)ccc1N. The van der Waals surface area contributed by atoms with Gasteiger partial charge in [-0.25, -0.2) is 9.97 Å². The maximum absolute atomic E-state index is 5.65. The van der Waals surface area contributed by atoms with Crippen molar-refractivity contribution in [2.75, 3.05) is 12.8 Å². The Morgan fingerprint density at radius 3 is 3.00 bits per heavy atom. The highest BCUT2D eigenvalue weighted by atomic mass is 32.2. The summed E-state index contributed by atoms with van der Waals surface area (Å²) in [4.78, 5) is 8.27. The zero-order valence-corrected chi connectivity index (χ0v) is 9.51. The quantitative estimate of drug-likeness (QED) is 0.879. The summed E-state index contributed by atoms with van der Waals surface area (Å²) in [5.41, 5.74) is 6.18. The average molecular weight is 240 g/mol. The second-order valence-electron chi connectivity index (χ2n) is 2.56. The Hall–Kier alpha value is -1.34. The highest BCUT2D eigenvalue weighted by molar-refractivity contribution is 8.00. The highest BCUT2D eigenvalue weighted by Gasteiger charge is 2.06. The van der Waals surface area contributed by atoms with Crippen LogP contribution < -0.4 is 10.5 Å². The number of pyridine rings is 1. The van der Waals surface area contributed by atoms with Gasteiger partial charge in [0.15, 0.2) is 4.34 Å². The van der Waals surface area contributed by atoms with Gasteiger partial charge in [0.05, 0.1) is 12.8 Å². The summed E-state index contributed by atoms with van der Waals surface area (Å²) in [5, 5.41) is 0.790. The van der Waals surface area contributed by atoms with Gasteiger partial charge in [-0.1, -0.05) is 0 Å². The molecule has 0 aliphatic rings. The fourth-order valence-electron chi connectivity index (χ4n) is 0.952. The molecule has 78 valence electrons. The molecule has 15 heavy (non-hydrogen) atoms. The van der Waals surface area contributed by atoms with Crippen LogP contribution in [0.15, 0.2) is 27.8 Å². The monoisotopic (exact) mass is 240 g/mol. The third kappa shape index (κ3) is 2.37. The first-order chi connectivity index (χ1) is 7.29. The van der Waals surface area contributed by atoms with Crippen LogP contribution in [0.5, 0.6) is 5.88 Å². The average Bonchev–Trinajstić information content (AvgIpc) is 2.73. The van der Waals surface area contributed by atoms with Crippen LogP contribution >= 0.6 is 23.3 Å². The van der Waals surface area contributed by atoms with Gasteiger partial charge in [0.2, 0.25) is 5.88 Å². The second kappa shape index (κ2) is 4.45. The van der Waals surface area contributed by atoms with Crippen molar-refractivity contribution in [1.29, 1.82) is 0 Å². The molecule has 2 rings (SSSR count). The molecule has 7 heteroatoms. The van der Waals surface area contributed by atoms with Crippen molar-refractivity contribution in [3.05, 3.63) is 18.5 Å².